The smallest absolute Gasteiger partial charge is 0.171 e. The molecule has 1 N–H and O–H groups in total. The third kappa shape index (κ3) is 4.06. The van der Waals surface area contributed by atoms with Gasteiger partial charge in [-0.3, -0.25) is 0 Å². The molecule has 34 heavy (non-hydrogen) atoms. The fraction of sp³-hybridized carbons (Fsp3) is 0.296. The average molecular weight is 460 g/mol. The third-order valence-electron chi connectivity index (χ3n) is 6.47. The van der Waals surface area contributed by atoms with Crippen LogP contribution in [0.5, 0.6) is 0 Å². The Morgan fingerprint density at radius 1 is 0.912 bits per heavy atom. The summed E-state index contributed by atoms with van der Waals surface area (Å²) in [5, 5.41) is 14.1. The van der Waals surface area contributed by atoms with Crippen LogP contribution in [0.25, 0.3) is 32.9 Å². The Morgan fingerprint density at radius 2 is 1.71 bits per heavy atom. The van der Waals surface area contributed by atoms with Gasteiger partial charge < -0.3 is 4.98 Å². The van der Waals surface area contributed by atoms with Gasteiger partial charge in [0, 0.05) is 16.3 Å². The monoisotopic (exact) mass is 459 g/mol. The molecule has 0 spiro atoms. The number of rotatable bonds is 7. The van der Waals surface area contributed by atoms with Crippen LogP contribution in [0.2, 0.25) is 0 Å². The molecular weight excluding hydrogens is 432 g/mol. The molecule has 2 aromatic heterocycles. The van der Waals surface area contributed by atoms with Crippen LogP contribution in [0.1, 0.15) is 42.3 Å². The lowest BCUT2D eigenvalue weighted by molar-refractivity contribution is 0.499. The second kappa shape index (κ2) is 8.97. The summed E-state index contributed by atoms with van der Waals surface area (Å²) in [5.41, 5.74) is 7.14. The van der Waals surface area contributed by atoms with Crippen LogP contribution < -0.4 is 0 Å². The highest BCUT2D eigenvalue weighted by molar-refractivity contribution is 6.10. The Labute approximate surface area is 196 Å². The van der Waals surface area contributed by atoms with Crippen molar-refractivity contribution in [2.24, 2.45) is 0 Å². The molecule has 0 saturated heterocycles. The molecule has 5 aromatic rings. The molecular formula is C27H27F2N5. The minimum atomic E-state index is -0.276. The number of aromatic nitrogens is 5. The van der Waals surface area contributed by atoms with Gasteiger partial charge in [-0.15, -0.1) is 10.2 Å². The fourth-order valence-corrected chi connectivity index (χ4v) is 4.87. The molecule has 0 radical (unpaired) electrons. The summed E-state index contributed by atoms with van der Waals surface area (Å²) in [6.45, 7) is 6.67. The van der Waals surface area contributed by atoms with Crippen LogP contribution in [-0.2, 0) is 19.4 Å². The molecule has 3 aromatic carbocycles. The van der Waals surface area contributed by atoms with Gasteiger partial charge in [-0.1, -0.05) is 19.4 Å². The van der Waals surface area contributed by atoms with E-state index < -0.39 is 0 Å². The number of tetrazole rings is 1. The second-order valence-electron chi connectivity index (χ2n) is 8.85. The van der Waals surface area contributed by atoms with Gasteiger partial charge in [-0.05, 0) is 103 Å². The van der Waals surface area contributed by atoms with Gasteiger partial charge in [0.25, 0.3) is 0 Å². The summed E-state index contributed by atoms with van der Waals surface area (Å²) >= 11 is 0. The summed E-state index contributed by atoms with van der Waals surface area (Å²) in [6, 6.07) is 11.9. The fourth-order valence-electron chi connectivity index (χ4n) is 4.87. The van der Waals surface area contributed by atoms with E-state index in [2.05, 4.69) is 40.3 Å². The minimum Gasteiger partial charge on any atom is -0.354 e. The molecule has 5 rings (SSSR count). The number of H-pyrrole nitrogens is 1. The molecule has 0 unspecified atom stereocenters. The Balaban J connectivity index is 1.68. The number of nitrogens with one attached hydrogen (secondary N) is 1. The molecule has 0 aliphatic heterocycles. The average Bonchev–Trinajstić information content (AvgIpc) is 3.39. The first-order valence-corrected chi connectivity index (χ1v) is 11.7. The zero-order chi connectivity index (χ0) is 23.8. The largest absolute Gasteiger partial charge is 0.354 e. The number of halogens is 2. The molecule has 0 aliphatic rings. The van der Waals surface area contributed by atoms with E-state index in [1.54, 1.807) is 23.0 Å². The number of aryl methyl sites for hydroxylation is 4. The highest BCUT2D eigenvalue weighted by atomic mass is 19.1. The van der Waals surface area contributed by atoms with Crippen LogP contribution in [0.4, 0.5) is 8.78 Å². The number of fused-ring (bicyclic) bond motifs is 3. The van der Waals surface area contributed by atoms with Crippen molar-refractivity contribution in [3.8, 4) is 11.1 Å². The normalized spacial score (nSPS) is 11.7. The topological polar surface area (TPSA) is 59.4 Å². The molecule has 0 fully saturated rings. The van der Waals surface area contributed by atoms with E-state index in [0.29, 0.717) is 12.4 Å². The molecule has 7 heteroatoms. The van der Waals surface area contributed by atoms with E-state index in [0.717, 1.165) is 75.3 Å². The van der Waals surface area contributed by atoms with E-state index >= 15 is 0 Å². The summed E-state index contributed by atoms with van der Waals surface area (Å²) < 4.78 is 28.5. The van der Waals surface area contributed by atoms with Crippen LogP contribution in [0.3, 0.4) is 0 Å². The van der Waals surface area contributed by atoms with E-state index in [9.17, 15) is 8.78 Å². The molecule has 2 heterocycles. The molecule has 0 atom stereocenters. The van der Waals surface area contributed by atoms with Crippen molar-refractivity contribution in [2.45, 2.75) is 53.0 Å². The second-order valence-corrected chi connectivity index (χ2v) is 8.85. The van der Waals surface area contributed by atoms with Crippen molar-refractivity contribution < 1.29 is 8.78 Å². The zero-order valence-electron chi connectivity index (χ0n) is 19.6. The van der Waals surface area contributed by atoms with Gasteiger partial charge in [0.05, 0.1) is 12.1 Å². The van der Waals surface area contributed by atoms with E-state index in [-0.39, 0.29) is 11.6 Å². The van der Waals surface area contributed by atoms with E-state index in [4.69, 9.17) is 0 Å². The lowest BCUT2D eigenvalue weighted by Crippen LogP contribution is -2.05. The summed E-state index contributed by atoms with van der Waals surface area (Å²) in [4.78, 5) is 5.12. The van der Waals surface area contributed by atoms with Crippen LogP contribution >= 0.6 is 0 Å². The van der Waals surface area contributed by atoms with Gasteiger partial charge in [0.1, 0.15) is 11.6 Å². The molecule has 5 nitrogen and oxygen atoms in total. The van der Waals surface area contributed by atoms with Gasteiger partial charge in [-0.2, -0.15) is 4.80 Å². The Hall–Kier alpha value is -3.61. The SMILES string of the molecule is CCCc1ccc(F)cc1-c1cc2c([nH]c3ccc(F)cc32)c(CCCn2nnc(C)n2)c1C. The van der Waals surface area contributed by atoms with Crippen molar-refractivity contribution in [1.29, 1.82) is 0 Å². The van der Waals surface area contributed by atoms with E-state index in [1.807, 2.05) is 13.0 Å². The summed E-state index contributed by atoms with van der Waals surface area (Å²) in [7, 11) is 0. The third-order valence-corrected chi connectivity index (χ3v) is 6.47. The standard InChI is InChI=1S/C27H27F2N5/c1-4-6-18-8-9-19(28)13-23(18)22-15-25-24-14-20(29)10-11-26(24)30-27(25)21(16(22)2)7-5-12-34-32-17(3)31-33-34/h8-11,13-15,30H,4-7,12H2,1-3H3. The highest BCUT2D eigenvalue weighted by Gasteiger charge is 2.18. The van der Waals surface area contributed by atoms with Crippen molar-refractivity contribution in [1.82, 2.24) is 25.2 Å². The first-order valence-electron chi connectivity index (χ1n) is 11.7. The maximum atomic E-state index is 14.4. The lowest BCUT2D eigenvalue weighted by Gasteiger charge is -2.17. The number of hydrogen-bond acceptors (Lipinski definition) is 3. The molecule has 0 amide bonds. The maximum absolute atomic E-state index is 14.4. The van der Waals surface area contributed by atoms with Crippen molar-refractivity contribution in [3.63, 3.8) is 0 Å². The van der Waals surface area contributed by atoms with Crippen LogP contribution in [-0.4, -0.2) is 25.2 Å². The predicted molar refractivity (Wildman–Crippen MR) is 131 cm³/mol. The first kappa shape index (κ1) is 22.2. The van der Waals surface area contributed by atoms with Crippen molar-refractivity contribution >= 4 is 21.8 Å². The van der Waals surface area contributed by atoms with Gasteiger partial charge in [0.2, 0.25) is 0 Å². The molecule has 174 valence electrons. The molecule has 0 aliphatic carbocycles. The highest BCUT2D eigenvalue weighted by Crippen LogP contribution is 2.38. The number of benzene rings is 3. The first-order chi connectivity index (χ1) is 16.4. The minimum absolute atomic E-state index is 0.256. The maximum Gasteiger partial charge on any atom is 0.171 e. The lowest BCUT2D eigenvalue weighted by atomic mass is 9.88. The van der Waals surface area contributed by atoms with Crippen LogP contribution in [0.15, 0.2) is 42.5 Å². The van der Waals surface area contributed by atoms with Crippen molar-refractivity contribution in [3.05, 3.63) is 76.6 Å². The summed E-state index contributed by atoms with van der Waals surface area (Å²) in [6.07, 6.45) is 3.41. The van der Waals surface area contributed by atoms with E-state index in [1.165, 1.54) is 12.1 Å². The summed E-state index contributed by atoms with van der Waals surface area (Å²) in [5.74, 6) is 0.114. The van der Waals surface area contributed by atoms with Gasteiger partial charge in [0.15, 0.2) is 5.82 Å². The number of nitrogens with zero attached hydrogens (tertiary/aromatic N) is 4. The Kier molecular flexibility index (Phi) is 5.86. The van der Waals surface area contributed by atoms with Crippen LogP contribution in [0, 0.1) is 25.5 Å². The van der Waals surface area contributed by atoms with Crippen molar-refractivity contribution in [2.75, 3.05) is 0 Å². The van der Waals surface area contributed by atoms with Gasteiger partial charge in [-0.25, -0.2) is 8.78 Å². The molecule has 0 saturated carbocycles. The molecule has 0 bridgehead atoms. The Morgan fingerprint density at radius 3 is 2.47 bits per heavy atom. The number of aromatic amines is 1. The predicted octanol–water partition coefficient (Wildman–Crippen LogP) is 6.45. The zero-order valence-corrected chi connectivity index (χ0v) is 19.6. The number of hydrogen-bond donors (Lipinski definition) is 1. The quantitative estimate of drug-likeness (QED) is 0.304. The Bertz CT molecular complexity index is 1500. The van der Waals surface area contributed by atoms with Gasteiger partial charge >= 0.3 is 0 Å².